The average Bonchev–Trinajstić information content (AvgIpc) is 3.32. The van der Waals surface area contributed by atoms with Crippen LogP contribution < -0.4 is 10.1 Å². The number of nitrogens with one attached hydrogen (secondary N) is 1. The number of para-hydroxylation sites is 2. The van der Waals surface area contributed by atoms with Crippen molar-refractivity contribution in [2.24, 2.45) is 0 Å². The molecule has 0 aliphatic heterocycles. The van der Waals surface area contributed by atoms with E-state index in [0.717, 1.165) is 22.0 Å². The van der Waals surface area contributed by atoms with E-state index in [1.165, 1.54) is 0 Å². The number of benzene rings is 5. The minimum absolute atomic E-state index is 0.194. The number of esters is 2. The highest BCUT2D eigenvalue weighted by molar-refractivity contribution is 6.14. The fourth-order valence-electron chi connectivity index (χ4n) is 5.38. The van der Waals surface area contributed by atoms with Crippen LogP contribution in [-0.4, -0.2) is 29.0 Å². The maximum Gasteiger partial charge on any atom is 0.345 e. The Morgan fingerprint density at radius 3 is 2.23 bits per heavy atom. The molecule has 0 radical (unpaired) electrons. The molecule has 7 heteroatoms. The zero-order valence-electron chi connectivity index (χ0n) is 23.7. The first kappa shape index (κ1) is 27.5. The normalized spacial score (nSPS) is 10.9. The van der Waals surface area contributed by atoms with E-state index in [2.05, 4.69) is 5.32 Å². The van der Waals surface area contributed by atoms with E-state index < -0.39 is 11.9 Å². The minimum Gasteiger partial charge on any atom is -0.462 e. The van der Waals surface area contributed by atoms with Gasteiger partial charge in [-0.05, 0) is 73.2 Å². The largest absolute Gasteiger partial charge is 0.462 e. The van der Waals surface area contributed by atoms with E-state index in [1.54, 1.807) is 49.4 Å². The molecule has 5 aromatic carbocycles. The van der Waals surface area contributed by atoms with Crippen LogP contribution >= 0.6 is 0 Å². The zero-order valence-corrected chi connectivity index (χ0v) is 23.7. The Bertz CT molecular complexity index is 2000. The van der Waals surface area contributed by atoms with Crippen LogP contribution in [0.1, 0.15) is 43.7 Å². The van der Waals surface area contributed by atoms with E-state index >= 15 is 0 Å². The van der Waals surface area contributed by atoms with Crippen LogP contribution in [0, 0.1) is 6.92 Å². The summed E-state index contributed by atoms with van der Waals surface area (Å²) in [5, 5.41) is 5.23. The van der Waals surface area contributed by atoms with Gasteiger partial charge in [-0.1, -0.05) is 66.7 Å². The lowest BCUT2D eigenvalue weighted by atomic mass is 10.0. The number of carbonyl (C=O) groups is 3. The third-order valence-electron chi connectivity index (χ3n) is 7.31. The van der Waals surface area contributed by atoms with Gasteiger partial charge in [-0.15, -0.1) is 0 Å². The molecule has 1 heterocycles. The highest BCUT2D eigenvalue weighted by atomic mass is 16.5. The SMILES string of the molecule is CCOC(=O)c1c(C)n(-c2ccccc2)c2ccc(OC(=O)c3ccccc3NC(=O)c3cccc4ccccc34)cc12. The Kier molecular flexibility index (Phi) is 7.45. The topological polar surface area (TPSA) is 86.6 Å². The van der Waals surface area contributed by atoms with Gasteiger partial charge in [0, 0.05) is 22.3 Å². The van der Waals surface area contributed by atoms with Gasteiger partial charge in [-0.25, -0.2) is 9.59 Å². The lowest BCUT2D eigenvalue weighted by Gasteiger charge is -2.12. The summed E-state index contributed by atoms with van der Waals surface area (Å²) in [6.07, 6.45) is 0. The number of ether oxygens (including phenoxy) is 2. The number of fused-ring (bicyclic) bond motifs is 2. The Morgan fingerprint density at radius 2 is 1.42 bits per heavy atom. The second-order valence-corrected chi connectivity index (χ2v) is 9.95. The molecule has 1 aromatic heterocycles. The van der Waals surface area contributed by atoms with E-state index in [0.29, 0.717) is 27.9 Å². The summed E-state index contributed by atoms with van der Waals surface area (Å²) in [6, 6.07) is 34.7. The third-order valence-corrected chi connectivity index (χ3v) is 7.31. The van der Waals surface area contributed by atoms with Crippen LogP contribution in [0.2, 0.25) is 0 Å². The molecule has 0 aliphatic rings. The van der Waals surface area contributed by atoms with E-state index in [9.17, 15) is 14.4 Å². The van der Waals surface area contributed by atoms with Gasteiger partial charge in [0.15, 0.2) is 0 Å². The lowest BCUT2D eigenvalue weighted by molar-refractivity contribution is 0.0527. The van der Waals surface area contributed by atoms with E-state index in [-0.39, 0.29) is 23.8 Å². The second-order valence-electron chi connectivity index (χ2n) is 9.95. The molecule has 212 valence electrons. The average molecular weight is 569 g/mol. The number of amides is 1. The summed E-state index contributed by atoms with van der Waals surface area (Å²) in [5.41, 5.74) is 3.79. The number of anilines is 1. The number of hydrogen-bond donors (Lipinski definition) is 1. The summed E-state index contributed by atoms with van der Waals surface area (Å²) < 4.78 is 13.2. The van der Waals surface area contributed by atoms with Crippen LogP contribution in [0.4, 0.5) is 5.69 Å². The molecule has 0 unspecified atom stereocenters. The molecule has 1 amide bonds. The van der Waals surface area contributed by atoms with Crippen molar-refractivity contribution < 1.29 is 23.9 Å². The van der Waals surface area contributed by atoms with Crippen LogP contribution in [0.5, 0.6) is 5.75 Å². The van der Waals surface area contributed by atoms with Crippen molar-refractivity contribution >= 4 is 45.2 Å². The standard InChI is InChI=1S/C36H28N2O5/c1-3-42-36(41)33-23(2)38(25-14-5-4-6-15-25)32-21-20-26(22-30(32)33)43-35(40)29-17-9-10-19-31(29)37-34(39)28-18-11-13-24-12-7-8-16-27(24)28/h4-22H,3H2,1-2H3,(H,37,39). The van der Waals surface area contributed by atoms with Crippen molar-refractivity contribution in [3.63, 3.8) is 0 Å². The molecule has 0 saturated heterocycles. The molecule has 7 nitrogen and oxygen atoms in total. The van der Waals surface area contributed by atoms with Crippen LogP contribution in [0.25, 0.3) is 27.4 Å². The van der Waals surface area contributed by atoms with Crippen LogP contribution in [-0.2, 0) is 4.74 Å². The number of carbonyl (C=O) groups excluding carboxylic acids is 3. The predicted octanol–water partition coefficient (Wildman–Crippen LogP) is 7.74. The first-order chi connectivity index (χ1) is 21.0. The molecule has 6 rings (SSSR count). The zero-order chi connectivity index (χ0) is 29.9. The fourth-order valence-corrected chi connectivity index (χ4v) is 5.38. The lowest BCUT2D eigenvalue weighted by Crippen LogP contribution is -2.17. The van der Waals surface area contributed by atoms with Gasteiger partial charge in [-0.2, -0.15) is 0 Å². The molecule has 0 aliphatic carbocycles. The second kappa shape index (κ2) is 11.7. The van der Waals surface area contributed by atoms with Crippen molar-refractivity contribution in [3.05, 3.63) is 138 Å². The summed E-state index contributed by atoms with van der Waals surface area (Å²) >= 11 is 0. The fraction of sp³-hybridized carbons (Fsp3) is 0.0833. The Labute approximate surface area is 248 Å². The van der Waals surface area contributed by atoms with Crippen molar-refractivity contribution in [1.29, 1.82) is 0 Å². The Morgan fingerprint density at radius 1 is 0.721 bits per heavy atom. The minimum atomic E-state index is -0.648. The number of rotatable bonds is 7. The molecule has 1 N–H and O–H groups in total. The van der Waals surface area contributed by atoms with Crippen molar-refractivity contribution in [3.8, 4) is 11.4 Å². The Balaban J connectivity index is 1.33. The summed E-state index contributed by atoms with van der Waals surface area (Å²) in [4.78, 5) is 39.8. The van der Waals surface area contributed by atoms with Crippen molar-refractivity contribution in [1.82, 2.24) is 4.57 Å². The summed E-state index contributed by atoms with van der Waals surface area (Å²) in [5.74, 6) is -1.19. The molecule has 0 saturated carbocycles. The summed E-state index contributed by atoms with van der Waals surface area (Å²) in [7, 11) is 0. The van der Waals surface area contributed by atoms with Crippen LogP contribution in [0.3, 0.4) is 0 Å². The maximum absolute atomic E-state index is 13.4. The quantitative estimate of drug-likeness (QED) is 0.157. The van der Waals surface area contributed by atoms with Crippen LogP contribution in [0.15, 0.2) is 115 Å². The first-order valence-corrected chi connectivity index (χ1v) is 13.9. The molecular weight excluding hydrogens is 540 g/mol. The monoisotopic (exact) mass is 568 g/mol. The number of nitrogens with zero attached hydrogens (tertiary/aromatic N) is 1. The highest BCUT2D eigenvalue weighted by Crippen LogP contribution is 2.33. The van der Waals surface area contributed by atoms with Gasteiger partial charge < -0.3 is 19.4 Å². The van der Waals surface area contributed by atoms with Gasteiger partial charge in [-0.3, -0.25) is 4.79 Å². The molecule has 43 heavy (non-hydrogen) atoms. The first-order valence-electron chi connectivity index (χ1n) is 13.9. The molecule has 0 fully saturated rings. The van der Waals surface area contributed by atoms with Crippen molar-refractivity contribution in [2.45, 2.75) is 13.8 Å². The summed E-state index contributed by atoms with van der Waals surface area (Å²) in [6.45, 7) is 3.85. The number of aromatic nitrogens is 1. The van der Waals surface area contributed by atoms with E-state index in [4.69, 9.17) is 9.47 Å². The van der Waals surface area contributed by atoms with Gasteiger partial charge in [0.25, 0.3) is 5.91 Å². The van der Waals surface area contributed by atoms with Gasteiger partial charge in [0.2, 0.25) is 0 Å². The van der Waals surface area contributed by atoms with Gasteiger partial charge >= 0.3 is 11.9 Å². The highest BCUT2D eigenvalue weighted by Gasteiger charge is 2.23. The third kappa shape index (κ3) is 5.24. The molecule has 6 aromatic rings. The molecular formula is C36H28N2O5. The predicted molar refractivity (Wildman–Crippen MR) is 167 cm³/mol. The van der Waals surface area contributed by atoms with Crippen molar-refractivity contribution in [2.75, 3.05) is 11.9 Å². The number of hydrogen-bond acceptors (Lipinski definition) is 5. The van der Waals surface area contributed by atoms with E-state index in [1.807, 2.05) is 84.3 Å². The van der Waals surface area contributed by atoms with Gasteiger partial charge in [0.05, 0.1) is 28.9 Å². The smallest absolute Gasteiger partial charge is 0.345 e. The Hall–Kier alpha value is -5.69. The van der Waals surface area contributed by atoms with Gasteiger partial charge in [0.1, 0.15) is 5.75 Å². The maximum atomic E-state index is 13.4. The molecule has 0 atom stereocenters. The molecule has 0 spiro atoms. The molecule has 0 bridgehead atoms.